The van der Waals surface area contributed by atoms with Gasteiger partial charge in [0.2, 0.25) is 0 Å². The van der Waals surface area contributed by atoms with Gasteiger partial charge in [-0.2, -0.15) is 0 Å². The average molecular weight is 377 g/mol. The monoisotopic (exact) mass is 376 g/mol. The third-order valence-corrected chi connectivity index (χ3v) is 6.57. The van der Waals surface area contributed by atoms with Gasteiger partial charge in [0.25, 0.3) is 0 Å². The molecular weight excluding hydrogens is 336 g/mol. The smallest absolute Gasteiger partial charge is 0.119 e. The van der Waals surface area contributed by atoms with Gasteiger partial charge in [0.15, 0.2) is 0 Å². The molecule has 0 radical (unpaired) electrons. The van der Waals surface area contributed by atoms with E-state index < -0.39 is 0 Å². The maximum Gasteiger partial charge on any atom is 0.119 e. The SMILES string of the molecule is CCCCCCC(C)(C)c1ccc([C@H]2C[C@H](O)CCC2CCCO)c(O)c1. The van der Waals surface area contributed by atoms with E-state index in [1.807, 2.05) is 6.07 Å². The van der Waals surface area contributed by atoms with Gasteiger partial charge in [-0.3, -0.25) is 0 Å². The molecule has 154 valence electrons. The van der Waals surface area contributed by atoms with E-state index in [4.69, 9.17) is 0 Å². The zero-order valence-corrected chi connectivity index (χ0v) is 17.6. The molecule has 1 aliphatic rings. The maximum absolute atomic E-state index is 10.8. The molecule has 27 heavy (non-hydrogen) atoms. The summed E-state index contributed by atoms with van der Waals surface area (Å²) in [5.74, 6) is 0.989. The molecule has 1 aromatic carbocycles. The molecular formula is C24H40O3. The van der Waals surface area contributed by atoms with Crippen LogP contribution in [0, 0.1) is 5.92 Å². The number of hydrogen-bond donors (Lipinski definition) is 3. The van der Waals surface area contributed by atoms with Gasteiger partial charge >= 0.3 is 0 Å². The second-order valence-corrected chi connectivity index (χ2v) is 9.17. The molecule has 3 N–H and O–H groups in total. The Hall–Kier alpha value is -1.06. The third-order valence-electron chi connectivity index (χ3n) is 6.57. The highest BCUT2D eigenvalue weighted by molar-refractivity contribution is 5.42. The summed E-state index contributed by atoms with van der Waals surface area (Å²) >= 11 is 0. The van der Waals surface area contributed by atoms with Crippen LogP contribution in [0.3, 0.4) is 0 Å². The second-order valence-electron chi connectivity index (χ2n) is 9.17. The average Bonchev–Trinajstić information content (AvgIpc) is 2.64. The number of benzene rings is 1. The molecule has 3 atom stereocenters. The van der Waals surface area contributed by atoms with Crippen LogP contribution in [0.1, 0.15) is 102 Å². The summed E-state index contributed by atoms with van der Waals surface area (Å²) in [5.41, 5.74) is 2.23. The first-order chi connectivity index (χ1) is 12.9. The topological polar surface area (TPSA) is 60.7 Å². The van der Waals surface area contributed by atoms with Crippen molar-refractivity contribution in [3.05, 3.63) is 29.3 Å². The summed E-state index contributed by atoms with van der Waals surface area (Å²) in [4.78, 5) is 0. The Morgan fingerprint density at radius 1 is 1.07 bits per heavy atom. The van der Waals surface area contributed by atoms with E-state index in [0.29, 0.717) is 18.1 Å². The molecule has 2 rings (SSSR count). The molecule has 0 aromatic heterocycles. The Balaban J connectivity index is 2.13. The Labute approximate surface area is 165 Å². The van der Waals surface area contributed by atoms with Gasteiger partial charge in [-0.15, -0.1) is 0 Å². The van der Waals surface area contributed by atoms with Crippen molar-refractivity contribution in [2.75, 3.05) is 6.61 Å². The summed E-state index contributed by atoms with van der Waals surface area (Å²) < 4.78 is 0. The van der Waals surface area contributed by atoms with Crippen LogP contribution in [-0.2, 0) is 5.41 Å². The van der Waals surface area contributed by atoms with Crippen LogP contribution >= 0.6 is 0 Å². The van der Waals surface area contributed by atoms with Crippen LogP contribution in [0.4, 0.5) is 0 Å². The highest BCUT2D eigenvalue weighted by Gasteiger charge is 2.32. The molecule has 0 saturated heterocycles. The largest absolute Gasteiger partial charge is 0.508 e. The molecule has 0 amide bonds. The van der Waals surface area contributed by atoms with Crippen LogP contribution in [0.15, 0.2) is 18.2 Å². The fourth-order valence-electron chi connectivity index (χ4n) is 4.71. The summed E-state index contributed by atoms with van der Waals surface area (Å²) in [6.07, 6.45) is 10.1. The van der Waals surface area contributed by atoms with Crippen molar-refractivity contribution in [3.8, 4) is 5.75 Å². The third kappa shape index (κ3) is 6.22. The first-order valence-electron chi connectivity index (χ1n) is 11.0. The Bertz CT molecular complexity index is 565. The first kappa shape index (κ1) is 22.2. The molecule has 0 spiro atoms. The number of unbranched alkanes of at least 4 members (excludes halogenated alkanes) is 3. The molecule has 3 heteroatoms. The summed E-state index contributed by atoms with van der Waals surface area (Å²) in [5, 5.41) is 30.2. The van der Waals surface area contributed by atoms with Crippen molar-refractivity contribution in [3.63, 3.8) is 0 Å². The van der Waals surface area contributed by atoms with Gasteiger partial charge in [-0.05, 0) is 73.0 Å². The van der Waals surface area contributed by atoms with Gasteiger partial charge in [-0.1, -0.05) is 58.6 Å². The molecule has 1 aliphatic carbocycles. The summed E-state index contributed by atoms with van der Waals surface area (Å²) in [7, 11) is 0. The lowest BCUT2D eigenvalue weighted by atomic mass is 9.71. The molecule has 0 bridgehead atoms. The van der Waals surface area contributed by atoms with E-state index in [-0.39, 0.29) is 24.0 Å². The first-order valence-corrected chi connectivity index (χ1v) is 11.0. The van der Waals surface area contributed by atoms with Crippen molar-refractivity contribution in [1.29, 1.82) is 0 Å². The standard InChI is InChI=1S/C24H40O3/c1-4-5-6-7-14-24(2,3)19-11-13-21(23(27)16-19)22-17-20(26)12-10-18(22)9-8-15-25/h11,13,16,18,20,22,25-27H,4-10,12,14-15,17H2,1-3H3/t18?,20-,22+/m1/s1. The van der Waals surface area contributed by atoms with Crippen molar-refractivity contribution >= 4 is 0 Å². The van der Waals surface area contributed by atoms with Gasteiger partial charge in [0.05, 0.1) is 6.10 Å². The van der Waals surface area contributed by atoms with Gasteiger partial charge < -0.3 is 15.3 Å². The van der Waals surface area contributed by atoms with Crippen LogP contribution < -0.4 is 0 Å². The molecule has 1 saturated carbocycles. The molecule has 1 fully saturated rings. The number of phenols is 1. The van der Waals surface area contributed by atoms with E-state index >= 15 is 0 Å². The number of hydrogen-bond acceptors (Lipinski definition) is 3. The Kier molecular flexibility index (Phi) is 8.62. The van der Waals surface area contributed by atoms with Crippen molar-refractivity contribution in [2.24, 2.45) is 5.92 Å². The predicted octanol–water partition coefficient (Wildman–Crippen LogP) is 5.66. The minimum Gasteiger partial charge on any atom is -0.508 e. The fourth-order valence-corrected chi connectivity index (χ4v) is 4.71. The van der Waals surface area contributed by atoms with Crippen molar-refractivity contribution in [2.45, 2.75) is 102 Å². The van der Waals surface area contributed by atoms with Gasteiger partial charge in [-0.25, -0.2) is 0 Å². The Morgan fingerprint density at radius 2 is 1.85 bits per heavy atom. The minimum atomic E-state index is -0.283. The number of rotatable bonds is 10. The minimum absolute atomic E-state index is 0.0616. The number of aliphatic hydroxyl groups is 2. The normalized spacial score (nSPS) is 23.5. The molecule has 1 unspecified atom stereocenters. The Morgan fingerprint density at radius 3 is 2.52 bits per heavy atom. The van der Waals surface area contributed by atoms with E-state index in [2.05, 4.69) is 32.9 Å². The fraction of sp³-hybridized carbons (Fsp3) is 0.750. The lowest BCUT2D eigenvalue weighted by Crippen LogP contribution is -2.27. The van der Waals surface area contributed by atoms with Crippen LogP contribution in [0.25, 0.3) is 0 Å². The van der Waals surface area contributed by atoms with Gasteiger partial charge in [0.1, 0.15) is 5.75 Å². The summed E-state index contributed by atoms with van der Waals surface area (Å²) in [6.45, 7) is 6.98. The maximum atomic E-state index is 10.8. The highest BCUT2D eigenvalue weighted by Crippen LogP contribution is 2.44. The zero-order valence-electron chi connectivity index (χ0n) is 17.6. The number of phenolic OH excluding ortho intramolecular Hbond substituents is 1. The van der Waals surface area contributed by atoms with E-state index in [9.17, 15) is 15.3 Å². The van der Waals surface area contributed by atoms with E-state index in [1.54, 1.807) is 0 Å². The van der Waals surface area contributed by atoms with Gasteiger partial charge in [0, 0.05) is 6.61 Å². The zero-order chi connectivity index (χ0) is 19.9. The molecule has 3 nitrogen and oxygen atoms in total. The lowest BCUT2D eigenvalue weighted by molar-refractivity contribution is 0.0879. The predicted molar refractivity (Wildman–Crippen MR) is 112 cm³/mol. The second kappa shape index (κ2) is 10.5. The summed E-state index contributed by atoms with van der Waals surface area (Å²) in [6, 6.07) is 6.23. The van der Waals surface area contributed by atoms with Crippen LogP contribution in [0.2, 0.25) is 0 Å². The van der Waals surface area contributed by atoms with Crippen molar-refractivity contribution < 1.29 is 15.3 Å². The van der Waals surface area contributed by atoms with Crippen molar-refractivity contribution in [1.82, 2.24) is 0 Å². The van der Waals surface area contributed by atoms with E-state index in [0.717, 1.165) is 37.7 Å². The quantitative estimate of drug-likeness (QED) is 0.462. The molecule has 0 aliphatic heterocycles. The number of aromatic hydroxyl groups is 1. The highest BCUT2D eigenvalue weighted by atomic mass is 16.3. The lowest BCUT2D eigenvalue weighted by Gasteiger charge is -2.35. The van der Waals surface area contributed by atoms with Crippen LogP contribution in [-0.4, -0.2) is 28.0 Å². The van der Waals surface area contributed by atoms with Crippen LogP contribution in [0.5, 0.6) is 5.75 Å². The molecule has 0 heterocycles. The molecule has 1 aromatic rings. The van der Waals surface area contributed by atoms with E-state index in [1.165, 1.54) is 31.2 Å². The number of aliphatic hydroxyl groups excluding tert-OH is 2.